The molecule has 0 heterocycles. The molecule has 0 saturated carbocycles. The average Bonchev–Trinajstić information content (AvgIpc) is 1.30. The molecule has 0 N–H and O–H groups in total. The van der Waals surface area contributed by atoms with Crippen LogP contribution in [0, 0.1) is 24.2 Å². The summed E-state index contributed by atoms with van der Waals surface area (Å²) >= 11 is 0. The van der Waals surface area contributed by atoms with Gasteiger partial charge in [0.2, 0.25) is 0 Å². The summed E-state index contributed by atoms with van der Waals surface area (Å²) in [5.74, 6) is 5.53. The Balaban J connectivity index is 0. The quantitative estimate of drug-likeness (QED) is 0.398. The van der Waals surface area contributed by atoms with Gasteiger partial charge in [0, 0.05) is 0 Å². The van der Waals surface area contributed by atoms with Gasteiger partial charge in [-0.25, -0.2) is 0 Å². The molecular weight excluding hydrogens is 173 g/mol. The topological polar surface area (TPSA) is 0 Å². The first kappa shape index (κ1) is 11.3. The summed E-state index contributed by atoms with van der Waals surface area (Å²) in [5, 5.41) is 0. The largest absolute Gasteiger partial charge is 3.00 e. The van der Waals surface area contributed by atoms with E-state index in [0.29, 0.717) is 0 Å². The van der Waals surface area contributed by atoms with Gasteiger partial charge in [-0.3, -0.25) is 5.92 Å². The predicted molar refractivity (Wildman–Crippen MR) is 32.6 cm³/mol. The molecule has 0 amide bonds. The van der Waals surface area contributed by atoms with Crippen LogP contribution in [0.2, 0.25) is 0 Å². The Labute approximate surface area is 77.3 Å². The molecule has 0 aromatic carbocycles. The number of hydrogen-bond acceptors (Lipinski definition) is 0. The summed E-state index contributed by atoms with van der Waals surface area (Å²) in [6.45, 7) is 9.59. The molecule has 0 aliphatic heterocycles. The van der Waals surface area contributed by atoms with E-state index in [9.17, 15) is 0 Å². The van der Waals surface area contributed by atoms with E-state index in [2.05, 4.69) is 39.5 Å². The smallest absolute Gasteiger partial charge is 0.322 e. The van der Waals surface area contributed by atoms with E-state index < -0.39 is 0 Å². The van der Waals surface area contributed by atoms with Crippen molar-refractivity contribution in [1.29, 1.82) is 0 Å². The molecule has 0 aromatic rings. The maximum atomic E-state index is 3.41. The van der Waals surface area contributed by atoms with E-state index in [1.165, 1.54) is 0 Å². The Morgan fingerprint density at radius 2 is 1.62 bits per heavy atom. The SMILES string of the molecule is [CH2-]C#CC(C)(C)C.[Y+3]. The van der Waals surface area contributed by atoms with Gasteiger partial charge in [-0.2, -0.15) is 6.92 Å². The second-order valence-corrected chi connectivity index (χ2v) is 2.55. The zero-order valence-electron chi connectivity index (χ0n) is 5.78. The molecule has 0 spiro atoms. The van der Waals surface area contributed by atoms with E-state index in [0.717, 1.165) is 0 Å². The monoisotopic (exact) mass is 184 g/mol. The Hall–Kier alpha value is 0.534. The van der Waals surface area contributed by atoms with Gasteiger partial charge in [0.05, 0.1) is 0 Å². The second-order valence-electron chi connectivity index (χ2n) is 2.55. The van der Waals surface area contributed by atoms with E-state index in [1.807, 2.05) is 0 Å². The molecule has 0 unspecified atom stereocenters. The van der Waals surface area contributed by atoms with Crippen molar-refractivity contribution in [2.75, 3.05) is 0 Å². The third kappa shape index (κ3) is 9.73. The van der Waals surface area contributed by atoms with E-state index in [-0.39, 0.29) is 38.1 Å². The maximum absolute atomic E-state index is 3.41. The van der Waals surface area contributed by atoms with Gasteiger partial charge in [0.25, 0.3) is 0 Å². The molecule has 0 saturated heterocycles. The van der Waals surface area contributed by atoms with Crippen LogP contribution in [-0.2, 0) is 32.7 Å². The Morgan fingerprint density at radius 3 is 1.62 bits per heavy atom. The molecule has 0 rings (SSSR count). The van der Waals surface area contributed by atoms with E-state index in [1.54, 1.807) is 0 Å². The minimum absolute atomic E-state index is 0. The average molecular weight is 184 g/mol. The summed E-state index contributed by atoms with van der Waals surface area (Å²) in [5.41, 5.74) is 0.127. The zero-order chi connectivity index (χ0) is 5.91. The van der Waals surface area contributed by atoms with Crippen molar-refractivity contribution in [2.45, 2.75) is 20.8 Å². The van der Waals surface area contributed by atoms with Crippen molar-refractivity contribution in [3.63, 3.8) is 0 Å². The molecule has 1 heteroatoms. The first-order valence-electron chi connectivity index (χ1n) is 2.35. The maximum Gasteiger partial charge on any atom is 3.00 e. The molecule has 0 nitrogen and oxygen atoms in total. The predicted octanol–water partition coefficient (Wildman–Crippen LogP) is 1.87. The minimum Gasteiger partial charge on any atom is -0.322 e. The van der Waals surface area contributed by atoms with Gasteiger partial charge in [0.15, 0.2) is 0 Å². The molecule has 0 atom stereocenters. The summed E-state index contributed by atoms with van der Waals surface area (Å²) < 4.78 is 0. The van der Waals surface area contributed by atoms with Crippen molar-refractivity contribution >= 4 is 0 Å². The fourth-order valence-corrected chi connectivity index (χ4v) is 0.265. The van der Waals surface area contributed by atoms with Gasteiger partial charge in [0.1, 0.15) is 0 Å². The van der Waals surface area contributed by atoms with Crippen LogP contribution in [0.4, 0.5) is 0 Å². The van der Waals surface area contributed by atoms with Crippen LogP contribution < -0.4 is 0 Å². The standard InChI is InChI=1S/C7H11.Y/c1-5-6-7(2,3)4;/h1H2,2-4H3;/q-1;+3. The van der Waals surface area contributed by atoms with Crippen LogP contribution in [0.1, 0.15) is 20.8 Å². The normalized spacial score (nSPS) is 8.38. The van der Waals surface area contributed by atoms with Crippen LogP contribution in [0.3, 0.4) is 0 Å². The Bertz CT molecular complexity index is 97.8. The van der Waals surface area contributed by atoms with Crippen LogP contribution in [-0.4, -0.2) is 0 Å². The second kappa shape index (κ2) is 4.42. The van der Waals surface area contributed by atoms with Gasteiger partial charge in [-0.15, -0.1) is 0 Å². The van der Waals surface area contributed by atoms with E-state index in [4.69, 9.17) is 0 Å². The Kier molecular flexibility index (Phi) is 6.26. The first-order chi connectivity index (χ1) is 3.06. The van der Waals surface area contributed by atoms with Crippen LogP contribution in [0.25, 0.3) is 0 Å². The van der Waals surface area contributed by atoms with Crippen molar-refractivity contribution in [3.8, 4) is 11.8 Å². The zero-order valence-corrected chi connectivity index (χ0v) is 8.62. The molecule has 8 heavy (non-hydrogen) atoms. The van der Waals surface area contributed by atoms with Crippen LogP contribution in [0.15, 0.2) is 0 Å². The number of hydrogen-bond donors (Lipinski definition) is 0. The Morgan fingerprint density at radius 1 is 1.25 bits per heavy atom. The summed E-state index contributed by atoms with van der Waals surface area (Å²) in [7, 11) is 0. The van der Waals surface area contributed by atoms with Crippen molar-refractivity contribution in [3.05, 3.63) is 6.92 Å². The molecule has 0 aromatic heterocycles. The number of rotatable bonds is 0. The van der Waals surface area contributed by atoms with E-state index >= 15 is 0 Å². The fourth-order valence-electron chi connectivity index (χ4n) is 0.265. The molecule has 0 fully saturated rings. The van der Waals surface area contributed by atoms with Crippen LogP contribution >= 0.6 is 0 Å². The molecule has 0 radical (unpaired) electrons. The minimum atomic E-state index is 0. The van der Waals surface area contributed by atoms with Crippen LogP contribution in [0.5, 0.6) is 0 Å². The van der Waals surface area contributed by atoms with Gasteiger partial charge in [-0.1, -0.05) is 26.2 Å². The third-order valence-electron chi connectivity index (χ3n) is 0.463. The van der Waals surface area contributed by atoms with Gasteiger partial charge >= 0.3 is 32.7 Å². The molecular formula is C7H11Y+2. The summed E-state index contributed by atoms with van der Waals surface area (Å²) in [4.78, 5) is 0. The summed E-state index contributed by atoms with van der Waals surface area (Å²) in [6.07, 6.45) is 0. The molecule has 0 aliphatic rings. The van der Waals surface area contributed by atoms with Gasteiger partial charge < -0.3 is 5.92 Å². The fraction of sp³-hybridized carbons (Fsp3) is 0.571. The molecule has 0 aliphatic carbocycles. The third-order valence-corrected chi connectivity index (χ3v) is 0.463. The molecule has 40 valence electrons. The first-order valence-corrected chi connectivity index (χ1v) is 2.35. The molecule has 0 bridgehead atoms. The van der Waals surface area contributed by atoms with Gasteiger partial charge in [-0.05, 0) is 0 Å². The van der Waals surface area contributed by atoms with Crippen molar-refractivity contribution in [1.82, 2.24) is 0 Å². The van der Waals surface area contributed by atoms with Crippen molar-refractivity contribution < 1.29 is 32.7 Å². The summed E-state index contributed by atoms with van der Waals surface area (Å²) in [6, 6.07) is 0. The van der Waals surface area contributed by atoms with Crippen molar-refractivity contribution in [2.24, 2.45) is 5.41 Å².